The minimum atomic E-state index is 0.427. The second-order valence-corrected chi connectivity index (χ2v) is 5.42. The molecule has 0 saturated carbocycles. The van der Waals surface area contributed by atoms with E-state index in [2.05, 4.69) is 31.3 Å². The lowest BCUT2D eigenvalue weighted by Crippen LogP contribution is -2.32. The first-order chi connectivity index (χ1) is 8.72. The van der Waals surface area contributed by atoms with Crippen LogP contribution >= 0.6 is 11.6 Å². The van der Waals surface area contributed by atoms with Crippen molar-refractivity contribution in [1.29, 1.82) is 0 Å². The molecule has 1 unspecified atom stereocenters. The smallest absolute Gasteiger partial charge is 0.0469 e. The molecule has 1 aliphatic rings. The number of hydrogen-bond donors (Lipinski definition) is 1. The van der Waals surface area contributed by atoms with Gasteiger partial charge in [-0.1, -0.05) is 24.6 Å². The Balaban J connectivity index is 2.22. The Hall–Kier alpha value is -0.570. The predicted molar refractivity (Wildman–Crippen MR) is 76.1 cm³/mol. The second kappa shape index (κ2) is 6.55. The predicted octanol–water partition coefficient (Wildman–Crippen LogP) is 3.73. The van der Waals surface area contributed by atoms with Gasteiger partial charge in [-0.25, -0.2) is 0 Å². The largest absolute Gasteiger partial charge is 0.381 e. The summed E-state index contributed by atoms with van der Waals surface area (Å²) >= 11 is 6.04. The van der Waals surface area contributed by atoms with Crippen molar-refractivity contribution in [3.05, 3.63) is 34.3 Å². The van der Waals surface area contributed by atoms with Crippen molar-refractivity contribution >= 4 is 11.6 Å². The van der Waals surface area contributed by atoms with Gasteiger partial charge in [0.1, 0.15) is 0 Å². The maximum atomic E-state index is 6.04. The number of nitrogens with one attached hydrogen (secondary N) is 1. The molecule has 0 spiro atoms. The first-order valence-electron chi connectivity index (χ1n) is 6.79. The zero-order valence-corrected chi connectivity index (χ0v) is 12.0. The lowest BCUT2D eigenvalue weighted by atomic mass is 9.85. The highest BCUT2D eigenvalue weighted by molar-refractivity contribution is 6.30. The maximum absolute atomic E-state index is 6.04. The molecule has 0 aliphatic carbocycles. The van der Waals surface area contributed by atoms with Crippen LogP contribution in [0.25, 0.3) is 0 Å². The van der Waals surface area contributed by atoms with E-state index < -0.39 is 0 Å². The van der Waals surface area contributed by atoms with Gasteiger partial charge in [0, 0.05) is 24.3 Å². The molecule has 1 saturated heterocycles. The Morgan fingerprint density at radius 3 is 2.72 bits per heavy atom. The maximum Gasteiger partial charge on any atom is 0.0469 e. The molecule has 0 aromatic heterocycles. The Kier molecular flexibility index (Phi) is 5.04. The number of halogens is 1. The number of hydrogen-bond acceptors (Lipinski definition) is 2. The normalized spacial score (nSPS) is 18.8. The third-order valence-corrected chi connectivity index (χ3v) is 3.96. The summed E-state index contributed by atoms with van der Waals surface area (Å²) in [5, 5.41) is 4.45. The fourth-order valence-corrected chi connectivity index (χ4v) is 3.01. The molecule has 18 heavy (non-hydrogen) atoms. The van der Waals surface area contributed by atoms with Crippen LogP contribution in [0.15, 0.2) is 18.2 Å². The van der Waals surface area contributed by atoms with E-state index in [0.717, 1.165) is 37.6 Å². The number of ether oxygens (including phenoxy) is 1. The Morgan fingerprint density at radius 1 is 1.39 bits per heavy atom. The SMILES string of the molecule is CCNC(c1ccc(Cl)cc1C)C1CCOCC1. The molecule has 100 valence electrons. The van der Waals surface area contributed by atoms with E-state index in [-0.39, 0.29) is 0 Å². The third kappa shape index (κ3) is 3.25. The molecule has 0 amide bonds. The van der Waals surface area contributed by atoms with Crippen LogP contribution in [0.5, 0.6) is 0 Å². The topological polar surface area (TPSA) is 21.3 Å². The van der Waals surface area contributed by atoms with Gasteiger partial charge < -0.3 is 10.1 Å². The van der Waals surface area contributed by atoms with Gasteiger partial charge in [0.25, 0.3) is 0 Å². The Labute approximate surface area is 115 Å². The summed E-state index contributed by atoms with van der Waals surface area (Å²) in [6, 6.07) is 6.64. The molecule has 1 aromatic rings. The zero-order chi connectivity index (χ0) is 13.0. The lowest BCUT2D eigenvalue weighted by Gasteiger charge is -2.32. The van der Waals surface area contributed by atoms with Gasteiger partial charge in [-0.15, -0.1) is 0 Å². The van der Waals surface area contributed by atoms with Crippen LogP contribution in [0.3, 0.4) is 0 Å². The average molecular weight is 268 g/mol. The van der Waals surface area contributed by atoms with Crippen molar-refractivity contribution in [3.8, 4) is 0 Å². The summed E-state index contributed by atoms with van der Waals surface area (Å²) in [6.45, 7) is 7.07. The highest BCUT2D eigenvalue weighted by atomic mass is 35.5. The molecule has 1 fully saturated rings. The van der Waals surface area contributed by atoms with E-state index in [0.29, 0.717) is 12.0 Å². The summed E-state index contributed by atoms with van der Waals surface area (Å²) in [7, 11) is 0. The van der Waals surface area contributed by atoms with Crippen molar-refractivity contribution in [1.82, 2.24) is 5.32 Å². The molecular weight excluding hydrogens is 246 g/mol. The van der Waals surface area contributed by atoms with E-state index in [1.165, 1.54) is 11.1 Å². The molecule has 1 aromatic carbocycles. The van der Waals surface area contributed by atoms with Crippen LogP contribution in [0.4, 0.5) is 0 Å². The van der Waals surface area contributed by atoms with Gasteiger partial charge in [-0.05, 0) is 55.5 Å². The van der Waals surface area contributed by atoms with Crippen LogP contribution in [0, 0.1) is 12.8 Å². The first kappa shape index (κ1) is 13.9. The fraction of sp³-hybridized carbons (Fsp3) is 0.600. The van der Waals surface area contributed by atoms with Gasteiger partial charge >= 0.3 is 0 Å². The van der Waals surface area contributed by atoms with Crippen molar-refractivity contribution in [3.63, 3.8) is 0 Å². The standard InChI is InChI=1S/C15H22ClNO/c1-3-17-15(12-6-8-18-9-7-12)14-5-4-13(16)10-11(14)2/h4-5,10,12,15,17H,3,6-9H2,1-2H3. The van der Waals surface area contributed by atoms with Crippen LogP contribution in [0.2, 0.25) is 5.02 Å². The fourth-order valence-electron chi connectivity index (χ4n) is 2.79. The van der Waals surface area contributed by atoms with E-state index >= 15 is 0 Å². The minimum Gasteiger partial charge on any atom is -0.381 e. The lowest BCUT2D eigenvalue weighted by molar-refractivity contribution is 0.0537. The summed E-state index contributed by atoms with van der Waals surface area (Å²) in [5.74, 6) is 0.665. The highest BCUT2D eigenvalue weighted by Gasteiger charge is 2.25. The van der Waals surface area contributed by atoms with Crippen LogP contribution in [0.1, 0.15) is 36.9 Å². The van der Waals surface area contributed by atoms with Gasteiger partial charge in [0.2, 0.25) is 0 Å². The monoisotopic (exact) mass is 267 g/mol. The van der Waals surface area contributed by atoms with Crippen molar-refractivity contribution in [2.75, 3.05) is 19.8 Å². The van der Waals surface area contributed by atoms with Crippen LogP contribution < -0.4 is 5.32 Å². The molecule has 0 bridgehead atoms. The van der Waals surface area contributed by atoms with Crippen LogP contribution in [-0.4, -0.2) is 19.8 Å². The average Bonchev–Trinajstić information content (AvgIpc) is 2.38. The van der Waals surface area contributed by atoms with Crippen molar-refractivity contribution in [2.24, 2.45) is 5.92 Å². The molecule has 2 nitrogen and oxygen atoms in total. The molecular formula is C15H22ClNO. The first-order valence-corrected chi connectivity index (χ1v) is 7.17. The van der Waals surface area contributed by atoms with Gasteiger partial charge in [0.05, 0.1) is 0 Å². The molecule has 1 heterocycles. The summed E-state index contributed by atoms with van der Waals surface area (Å²) in [6.07, 6.45) is 2.28. The Morgan fingerprint density at radius 2 is 2.11 bits per heavy atom. The van der Waals surface area contributed by atoms with E-state index in [1.54, 1.807) is 0 Å². The third-order valence-electron chi connectivity index (χ3n) is 3.73. The minimum absolute atomic E-state index is 0.427. The molecule has 2 rings (SSSR count). The van der Waals surface area contributed by atoms with Gasteiger partial charge in [-0.3, -0.25) is 0 Å². The Bertz CT molecular complexity index is 388. The van der Waals surface area contributed by atoms with Crippen molar-refractivity contribution < 1.29 is 4.74 Å². The quantitative estimate of drug-likeness (QED) is 0.898. The zero-order valence-electron chi connectivity index (χ0n) is 11.2. The molecule has 1 N–H and O–H groups in total. The number of benzene rings is 1. The number of rotatable bonds is 4. The summed E-state index contributed by atoms with van der Waals surface area (Å²) < 4.78 is 5.46. The van der Waals surface area contributed by atoms with E-state index in [9.17, 15) is 0 Å². The van der Waals surface area contributed by atoms with E-state index in [4.69, 9.17) is 16.3 Å². The second-order valence-electron chi connectivity index (χ2n) is 4.99. The summed E-state index contributed by atoms with van der Waals surface area (Å²) in [4.78, 5) is 0. The summed E-state index contributed by atoms with van der Waals surface area (Å²) in [5.41, 5.74) is 2.66. The molecule has 0 radical (unpaired) electrons. The van der Waals surface area contributed by atoms with Gasteiger partial charge in [0.15, 0.2) is 0 Å². The molecule has 3 heteroatoms. The highest BCUT2D eigenvalue weighted by Crippen LogP contribution is 2.32. The molecule has 1 atom stereocenters. The van der Waals surface area contributed by atoms with Crippen LogP contribution in [-0.2, 0) is 4.74 Å². The molecule has 1 aliphatic heterocycles. The number of aryl methyl sites for hydroxylation is 1. The van der Waals surface area contributed by atoms with Gasteiger partial charge in [-0.2, -0.15) is 0 Å². The van der Waals surface area contributed by atoms with Crippen molar-refractivity contribution in [2.45, 2.75) is 32.7 Å². The van der Waals surface area contributed by atoms with E-state index in [1.807, 2.05) is 6.07 Å².